The molecule has 2 bridgehead atoms. The maximum Gasteiger partial charge on any atom is 0.311 e. The third-order valence-electron chi connectivity index (χ3n) is 5.54. The maximum atomic E-state index is 13.0. The molecule has 1 saturated carbocycles. The van der Waals surface area contributed by atoms with Crippen molar-refractivity contribution >= 4 is 17.8 Å². The summed E-state index contributed by atoms with van der Waals surface area (Å²) in [6, 6.07) is -2.24. The molecule has 12 nitrogen and oxygen atoms in total. The SMILES string of the molecule is C#CCC(NC(=O)CCCCCN=[N+]=[N-])C(=O)N1C2CC1(O)[C@@H](O)[C@H](O)[C@H]2C(=O)O. The van der Waals surface area contributed by atoms with Crippen LogP contribution in [0.4, 0.5) is 0 Å². The van der Waals surface area contributed by atoms with Crippen molar-refractivity contribution in [2.75, 3.05) is 6.54 Å². The van der Waals surface area contributed by atoms with Gasteiger partial charge in [-0.1, -0.05) is 11.5 Å². The summed E-state index contributed by atoms with van der Waals surface area (Å²) in [5.41, 5.74) is 6.08. The Morgan fingerprint density at radius 3 is 2.63 bits per heavy atom. The molecule has 3 unspecified atom stereocenters. The molecule has 0 aromatic carbocycles. The lowest BCUT2D eigenvalue weighted by atomic mass is 9.66. The summed E-state index contributed by atoms with van der Waals surface area (Å²) >= 11 is 0. The van der Waals surface area contributed by atoms with E-state index in [0.717, 1.165) is 4.90 Å². The Labute approximate surface area is 172 Å². The Hall–Kier alpha value is -2.84. The third-order valence-corrected chi connectivity index (χ3v) is 5.54. The second-order valence-corrected chi connectivity index (χ2v) is 7.45. The molecule has 2 saturated heterocycles. The van der Waals surface area contributed by atoms with Crippen LogP contribution in [0.2, 0.25) is 0 Å². The second-order valence-electron chi connectivity index (χ2n) is 7.45. The topological polar surface area (TPSA) is 196 Å². The predicted molar refractivity (Wildman–Crippen MR) is 101 cm³/mol. The van der Waals surface area contributed by atoms with Crippen LogP contribution in [0.5, 0.6) is 0 Å². The van der Waals surface area contributed by atoms with Gasteiger partial charge in [-0.25, -0.2) is 0 Å². The minimum atomic E-state index is -2.12. The fraction of sp³-hybridized carbons (Fsp3) is 0.722. The Morgan fingerprint density at radius 1 is 1.33 bits per heavy atom. The highest BCUT2D eigenvalue weighted by molar-refractivity contribution is 5.90. The summed E-state index contributed by atoms with van der Waals surface area (Å²) in [5.74, 6) is -1.90. The molecule has 0 spiro atoms. The van der Waals surface area contributed by atoms with E-state index in [2.05, 4.69) is 21.3 Å². The highest BCUT2D eigenvalue weighted by Gasteiger charge is 2.69. The van der Waals surface area contributed by atoms with E-state index in [9.17, 15) is 34.8 Å². The highest BCUT2D eigenvalue weighted by Crippen LogP contribution is 2.49. The zero-order valence-electron chi connectivity index (χ0n) is 16.2. The van der Waals surface area contributed by atoms with Crippen LogP contribution in [0.3, 0.4) is 0 Å². The van der Waals surface area contributed by atoms with Gasteiger partial charge >= 0.3 is 5.97 Å². The van der Waals surface area contributed by atoms with E-state index in [1.54, 1.807) is 0 Å². The molecule has 0 aromatic rings. The fourth-order valence-electron chi connectivity index (χ4n) is 4.03. The lowest BCUT2D eigenvalue weighted by molar-refractivity contribution is -0.320. The van der Waals surface area contributed by atoms with E-state index in [1.165, 1.54) is 0 Å². The molecule has 164 valence electrons. The van der Waals surface area contributed by atoms with Gasteiger partial charge in [-0.05, 0) is 18.4 Å². The summed E-state index contributed by atoms with van der Waals surface area (Å²) < 4.78 is 0. The number of terminal acetylenes is 1. The number of fused-ring (bicyclic) bond motifs is 2. The number of hydrogen-bond donors (Lipinski definition) is 5. The summed E-state index contributed by atoms with van der Waals surface area (Å²) in [5, 5.41) is 46.0. The lowest BCUT2D eigenvalue weighted by Crippen LogP contribution is -2.84. The van der Waals surface area contributed by atoms with Gasteiger partial charge in [-0.3, -0.25) is 14.4 Å². The molecule has 3 fully saturated rings. The van der Waals surface area contributed by atoms with E-state index in [0.29, 0.717) is 25.8 Å². The quantitative estimate of drug-likeness (QED) is 0.0985. The molecule has 5 N–H and O–H groups in total. The minimum absolute atomic E-state index is 0.0946. The fourth-order valence-corrected chi connectivity index (χ4v) is 4.03. The summed E-state index contributed by atoms with van der Waals surface area (Å²) in [6.07, 6.45) is 3.11. The summed E-state index contributed by atoms with van der Waals surface area (Å²) in [7, 11) is 0. The molecular formula is C18H25N5O7. The van der Waals surface area contributed by atoms with Crippen LogP contribution in [0.1, 0.15) is 38.5 Å². The van der Waals surface area contributed by atoms with Crippen molar-refractivity contribution in [1.29, 1.82) is 0 Å². The van der Waals surface area contributed by atoms with Gasteiger partial charge < -0.3 is 30.6 Å². The lowest BCUT2D eigenvalue weighted by Gasteiger charge is -2.64. The number of hydrogen-bond acceptors (Lipinski definition) is 7. The van der Waals surface area contributed by atoms with Gasteiger partial charge in [0.05, 0.1) is 12.1 Å². The van der Waals surface area contributed by atoms with Crippen molar-refractivity contribution in [2.45, 2.75) is 68.5 Å². The van der Waals surface area contributed by atoms with Crippen molar-refractivity contribution in [3.8, 4) is 12.3 Å². The Kier molecular flexibility index (Phi) is 7.64. The standard InChI is InChI=1S/C18H25N5O7/c1-2-6-10(21-12(24)7-4-3-5-8-20-22-19)16(27)23-11-9-18(23,30)15(26)14(25)13(11)17(28)29/h1,10-11,13-15,25-26,30H,3-9H2,(H,21,24)(H,28,29)/t10?,11?,13-,14+,15-,18?/m0/s1. The summed E-state index contributed by atoms with van der Waals surface area (Å²) in [4.78, 5) is 40.1. The number of amides is 2. The van der Waals surface area contributed by atoms with E-state index < -0.39 is 53.7 Å². The molecular weight excluding hydrogens is 398 g/mol. The number of rotatable bonds is 10. The van der Waals surface area contributed by atoms with Gasteiger partial charge in [-0.15, -0.1) is 12.3 Å². The maximum absolute atomic E-state index is 13.0. The van der Waals surface area contributed by atoms with Gasteiger partial charge in [0.2, 0.25) is 11.8 Å². The number of aliphatic hydroxyl groups is 3. The van der Waals surface area contributed by atoms with Crippen LogP contribution >= 0.6 is 0 Å². The number of carbonyl (C=O) groups is 3. The van der Waals surface area contributed by atoms with Crippen molar-refractivity contribution in [3.05, 3.63) is 10.4 Å². The number of aliphatic hydroxyl groups excluding tert-OH is 2. The average molecular weight is 423 g/mol. The van der Waals surface area contributed by atoms with Crippen LogP contribution in [0, 0.1) is 18.3 Å². The minimum Gasteiger partial charge on any atom is -0.481 e. The average Bonchev–Trinajstić information content (AvgIpc) is 2.67. The predicted octanol–water partition coefficient (Wildman–Crippen LogP) is -0.909. The van der Waals surface area contributed by atoms with Crippen LogP contribution < -0.4 is 5.32 Å². The van der Waals surface area contributed by atoms with E-state index in [-0.39, 0.29) is 19.3 Å². The molecule has 3 rings (SSSR count). The van der Waals surface area contributed by atoms with Crippen molar-refractivity contribution in [3.63, 3.8) is 0 Å². The van der Waals surface area contributed by atoms with Crippen LogP contribution in [0.15, 0.2) is 5.11 Å². The number of azide groups is 1. The van der Waals surface area contributed by atoms with Crippen molar-refractivity contribution < 1.29 is 34.8 Å². The summed E-state index contributed by atoms with van der Waals surface area (Å²) in [6.45, 7) is 0.324. The largest absolute Gasteiger partial charge is 0.481 e. The van der Waals surface area contributed by atoms with Crippen LogP contribution in [-0.2, 0) is 14.4 Å². The second kappa shape index (κ2) is 9.77. The Bertz CT molecular complexity index is 777. The first kappa shape index (κ1) is 23.4. The van der Waals surface area contributed by atoms with Gasteiger partial charge in [0.1, 0.15) is 18.1 Å². The molecule has 3 aliphatic rings. The number of carboxylic acids is 1. The van der Waals surface area contributed by atoms with E-state index >= 15 is 0 Å². The van der Waals surface area contributed by atoms with Gasteiger partial charge in [0.25, 0.3) is 0 Å². The molecule has 2 heterocycles. The van der Waals surface area contributed by atoms with Crippen molar-refractivity contribution in [2.24, 2.45) is 11.0 Å². The number of carboxylic acid groups (broad SMARTS) is 1. The number of nitrogens with one attached hydrogen (secondary N) is 1. The van der Waals surface area contributed by atoms with Gasteiger partial charge in [-0.2, -0.15) is 0 Å². The Morgan fingerprint density at radius 2 is 2.03 bits per heavy atom. The molecule has 30 heavy (non-hydrogen) atoms. The van der Waals surface area contributed by atoms with Crippen LogP contribution in [-0.4, -0.2) is 79.7 Å². The number of carbonyl (C=O) groups excluding carboxylic acids is 2. The molecule has 2 amide bonds. The first-order valence-corrected chi connectivity index (χ1v) is 9.57. The third kappa shape index (κ3) is 4.49. The number of aliphatic carboxylic acids is 1. The highest BCUT2D eigenvalue weighted by atomic mass is 16.4. The zero-order chi connectivity index (χ0) is 22.5. The smallest absolute Gasteiger partial charge is 0.311 e. The van der Waals surface area contributed by atoms with Gasteiger partial charge in [0, 0.05) is 30.7 Å². The monoisotopic (exact) mass is 423 g/mol. The van der Waals surface area contributed by atoms with Crippen molar-refractivity contribution in [1.82, 2.24) is 10.2 Å². The normalized spacial score (nSPS) is 30.3. The zero-order valence-corrected chi connectivity index (χ0v) is 16.2. The van der Waals surface area contributed by atoms with Gasteiger partial charge in [0.15, 0.2) is 5.72 Å². The molecule has 1 aliphatic carbocycles. The number of piperidine rings is 1. The molecule has 6 atom stereocenters. The first-order valence-electron chi connectivity index (χ1n) is 9.57. The Balaban J connectivity index is 2.03. The molecule has 2 aliphatic heterocycles. The molecule has 12 heteroatoms. The number of nitrogens with zero attached hydrogens (tertiary/aromatic N) is 4. The molecule has 0 radical (unpaired) electrons. The number of unbranched alkanes of at least 4 members (excludes halogenated alkanes) is 2. The van der Waals surface area contributed by atoms with Crippen LogP contribution in [0.25, 0.3) is 10.4 Å². The molecule has 0 aromatic heterocycles. The first-order chi connectivity index (χ1) is 14.2. The van der Waals surface area contributed by atoms with E-state index in [4.69, 9.17) is 12.0 Å². The van der Waals surface area contributed by atoms with E-state index in [1.807, 2.05) is 0 Å².